The number of anilines is 2. The van der Waals surface area contributed by atoms with Crippen LogP contribution in [0.1, 0.15) is 86.6 Å². The Morgan fingerprint density at radius 1 is 1.05 bits per heavy atom. The Morgan fingerprint density at radius 3 is 2.18 bits per heavy atom. The first-order chi connectivity index (χ1) is 18.2. The standard InChI is InChI=1S/C31H42N4O4/c1-9-34(10-2)20-15-16-21(22(17-20)32-29(39)31(7,8)19-13-11-12-14-19)24-26(36)25(27(24)37)23-18(3)33-35(28(23)38)30(4,5)6/h15-17,19,36H,9-14H2,1-8H3,(H,32,39)/b25-23+. The molecule has 8 heteroatoms. The van der Waals surface area contributed by atoms with Crippen molar-refractivity contribution in [1.29, 1.82) is 0 Å². The van der Waals surface area contributed by atoms with Crippen LogP contribution in [0.3, 0.4) is 0 Å². The Hall–Kier alpha value is -3.42. The highest BCUT2D eigenvalue weighted by molar-refractivity contribution is 6.44. The molecule has 1 fully saturated rings. The number of Topliss-reactive ketones (excluding diaryl/α,β-unsaturated/α-hetero) is 1. The zero-order valence-electron chi connectivity index (χ0n) is 24.6. The van der Waals surface area contributed by atoms with Crippen LogP contribution < -0.4 is 10.2 Å². The Balaban J connectivity index is 1.78. The van der Waals surface area contributed by atoms with E-state index in [0.717, 1.165) is 44.5 Å². The van der Waals surface area contributed by atoms with E-state index in [2.05, 4.69) is 29.2 Å². The molecular formula is C31H42N4O4. The molecule has 2 amide bonds. The highest BCUT2D eigenvalue weighted by atomic mass is 16.3. The van der Waals surface area contributed by atoms with Crippen molar-refractivity contribution in [2.45, 2.75) is 86.6 Å². The van der Waals surface area contributed by atoms with Crippen LogP contribution in [-0.2, 0) is 14.4 Å². The zero-order chi connectivity index (χ0) is 28.9. The maximum absolute atomic E-state index is 13.6. The Morgan fingerprint density at radius 2 is 1.67 bits per heavy atom. The van der Waals surface area contributed by atoms with Gasteiger partial charge in [0.15, 0.2) is 0 Å². The molecule has 0 unspecified atom stereocenters. The van der Waals surface area contributed by atoms with Crippen molar-refractivity contribution in [2.75, 3.05) is 23.3 Å². The van der Waals surface area contributed by atoms with Crippen LogP contribution in [-0.4, -0.2) is 52.1 Å². The number of carbonyl (C=O) groups is 3. The van der Waals surface area contributed by atoms with Crippen molar-refractivity contribution >= 4 is 40.3 Å². The Labute approximate surface area is 231 Å². The molecule has 0 spiro atoms. The molecule has 0 atom stereocenters. The molecule has 3 aliphatic rings. The lowest BCUT2D eigenvalue weighted by Gasteiger charge is -2.32. The molecule has 0 radical (unpaired) electrons. The van der Waals surface area contributed by atoms with E-state index in [0.29, 0.717) is 22.9 Å². The summed E-state index contributed by atoms with van der Waals surface area (Å²) in [5, 5.41) is 20.0. The molecule has 2 N–H and O–H groups in total. The van der Waals surface area contributed by atoms with Gasteiger partial charge in [-0.05, 0) is 78.5 Å². The van der Waals surface area contributed by atoms with E-state index in [-0.39, 0.29) is 28.4 Å². The van der Waals surface area contributed by atoms with Crippen LogP contribution in [0.5, 0.6) is 0 Å². The second kappa shape index (κ2) is 10.3. The molecule has 0 aromatic heterocycles. The van der Waals surface area contributed by atoms with Crippen molar-refractivity contribution in [2.24, 2.45) is 16.4 Å². The first kappa shape index (κ1) is 28.6. The molecule has 1 aromatic carbocycles. The highest BCUT2D eigenvalue weighted by Gasteiger charge is 2.46. The third kappa shape index (κ3) is 4.90. The lowest BCUT2D eigenvalue weighted by molar-refractivity contribution is -0.130. The van der Waals surface area contributed by atoms with E-state index in [1.54, 1.807) is 13.0 Å². The predicted molar refractivity (Wildman–Crippen MR) is 156 cm³/mol. The van der Waals surface area contributed by atoms with Gasteiger partial charge in [-0.3, -0.25) is 14.4 Å². The summed E-state index contributed by atoms with van der Waals surface area (Å²) < 4.78 is 0. The molecule has 1 heterocycles. The number of nitrogens with one attached hydrogen (secondary N) is 1. The highest BCUT2D eigenvalue weighted by Crippen LogP contribution is 2.45. The number of rotatable bonds is 7. The number of hydrogen-bond donors (Lipinski definition) is 2. The summed E-state index contributed by atoms with van der Waals surface area (Å²) in [6.07, 6.45) is 4.30. The second-order valence-corrected chi connectivity index (χ2v) is 12.3. The molecule has 4 rings (SSSR count). The summed E-state index contributed by atoms with van der Waals surface area (Å²) in [6.45, 7) is 16.9. The second-order valence-electron chi connectivity index (χ2n) is 12.3. The quantitative estimate of drug-likeness (QED) is 0.427. The summed E-state index contributed by atoms with van der Waals surface area (Å²) in [4.78, 5) is 42.5. The van der Waals surface area contributed by atoms with Crippen LogP contribution in [0.4, 0.5) is 11.4 Å². The van der Waals surface area contributed by atoms with E-state index in [1.165, 1.54) is 5.01 Å². The van der Waals surface area contributed by atoms with Crippen molar-refractivity contribution in [3.63, 3.8) is 0 Å². The summed E-state index contributed by atoms with van der Waals surface area (Å²) in [7, 11) is 0. The molecule has 0 saturated heterocycles. The van der Waals surface area contributed by atoms with Gasteiger partial charge in [-0.2, -0.15) is 5.10 Å². The Bertz CT molecular complexity index is 1300. The first-order valence-electron chi connectivity index (χ1n) is 14.1. The van der Waals surface area contributed by atoms with E-state index >= 15 is 0 Å². The number of hydrogen-bond acceptors (Lipinski definition) is 6. The van der Waals surface area contributed by atoms with Crippen molar-refractivity contribution < 1.29 is 19.5 Å². The van der Waals surface area contributed by atoms with Gasteiger partial charge in [0.05, 0.1) is 33.7 Å². The van der Waals surface area contributed by atoms with Gasteiger partial charge < -0.3 is 15.3 Å². The number of ketones is 1. The molecule has 1 aromatic rings. The van der Waals surface area contributed by atoms with Gasteiger partial charge in [0.1, 0.15) is 5.76 Å². The average molecular weight is 535 g/mol. The third-order valence-corrected chi connectivity index (χ3v) is 8.44. The molecular weight excluding hydrogens is 492 g/mol. The van der Waals surface area contributed by atoms with Gasteiger partial charge in [-0.25, -0.2) is 5.01 Å². The van der Waals surface area contributed by atoms with Gasteiger partial charge in [-0.1, -0.05) is 26.7 Å². The van der Waals surface area contributed by atoms with Gasteiger partial charge >= 0.3 is 0 Å². The number of carbonyl (C=O) groups excluding carboxylic acids is 3. The summed E-state index contributed by atoms with van der Waals surface area (Å²) >= 11 is 0. The fourth-order valence-electron chi connectivity index (χ4n) is 5.89. The molecule has 1 aliphatic heterocycles. The molecule has 2 aliphatic carbocycles. The van der Waals surface area contributed by atoms with E-state index in [4.69, 9.17) is 0 Å². The van der Waals surface area contributed by atoms with Crippen LogP contribution in [0.25, 0.3) is 5.57 Å². The molecule has 0 bridgehead atoms. The maximum atomic E-state index is 13.6. The monoisotopic (exact) mass is 534 g/mol. The van der Waals surface area contributed by atoms with Gasteiger partial charge in [0.25, 0.3) is 5.91 Å². The van der Waals surface area contributed by atoms with Crippen LogP contribution in [0.15, 0.2) is 40.2 Å². The SMILES string of the molecule is CCN(CC)c1ccc(C2=C(O)/C(=C3\C(=O)N(C(C)(C)C)N=C3C)C2=O)c(NC(=O)C(C)(C)C2CCCC2)c1. The first-order valence-corrected chi connectivity index (χ1v) is 14.1. The number of aliphatic hydroxyl groups excluding tert-OH is 1. The number of aliphatic hydroxyl groups is 1. The molecule has 1 saturated carbocycles. The summed E-state index contributed by atoms with van der Waals surface area (Å²) in [5.74, 6) is -0.884. The van der Waals surface area contributed by atoms with Crippen molar-refractivity contribution in [3.8, 4) is 0 Å². The van der Waals surface area contributed by atoms with Crippen LogP contribution in [0.2, 0.25) is 0 Å². The number of amides is 2. The number of benzene rings is 1. The van der Waals surface area contributed by atoms with Gasteiger partial charge in [0, 0.05) is 29.8 Å². The third-order valence-electron chi connectivity index (χ3n) is 8.44. The smallest absolute Gasteiger partial charge is 0.277 e. The molecule has 39 heavy (non-hydrogen) atoms. The van der Waals surface area contributed by atoms with Gasteiger partial charge in [-0.15, -0.1) is 0 Å². The minimum Gasteiger partial charge on any atom is -0.506 e. The zero-order valence-corrected chi connectivity index (χ0v) is 24.6. The summed E-state index contributed by atoms with van der Waals surface area (Å²) in [5.41, 5.74) is 1.31. The number of hydrazone groups is 1. The maximum Gasteiger partial charge on any atom is 0.277 e. The topological polar surface area (TPSA) is 102 Å². The van der Waals surface area contributed by atoms with Crippen molar-refractivity contribution in [1.82, 2.24) is 5.01 Å². The van der Waals surface area contributed by atoms with E-state index < -0.39 is 22.6 Å². The summed E-state index contributed by atoms with van der Waals surface area (Å²) in [6, 6.07) is 5.54. The minimum atomic E-state index is -0.577. The lowest BCUT2D eigenvalue weighted by atomic mass is 9.76. The predicted octanol–water partition coefficient (Wildman–Crippen LogP) is 5.85. The largest absolute Gasteiger partial charge is 0.506 e. The van der Waals surface area contributed by atoms with Gasteiger partial charge in [0.2, 0.25) is 11.7 Å². The van der Waals surface area contributed by atoms with Crippen LogP contribution >= 0.6 is 0 Å². The average Bonchev–Trinajstić information content (AvgIpc) is 3.51. The Kier molecular flexibility index (Phi) is 7.54. The van der Waals surface area contributed by atoms with Crippen molar-refractivity contribution in [3.05, 3.63) is 40.7 Å². The fraction of sp³-hybridized carbons (Fsp3) is 0.548. The van der Waals surface area contributed by atoms with E-state index in [9.17, 15) is 19.5 Å². The number of nitrogens with zero attached hydrogens (tertiary/aromatic N) is 3. The fourth-order valence-corrected chi connectivity index (χ4v) is 5.89. The molecule has 210 valence electrons. The lowest BCUT2D eigenvalue weighted by Crippen LogP contribution is -2.40. The normalized spacial score (nSPS) is 20.5. The molecule has 8 nitrogen and oxygen atoms in total. The van der Waals surface area contributed by atoms with Crippen LogP contribution in [0, 0.1) is 11.3 Å². The van der Waals surface area contributed by atoms with E-state index in [1.807, 2.05) is 46.8 Å². The number of allylic oxidation sites excluding steroid dienone is 2. The minimum absolute atomic E-state index is 0.0145.